The number of hydrogen-bond acceptors (Lipinski definition) is 1. The van der Waals surface area contributed by atoms with Gasteiger partial charge in [0.2, 0.25) is 0 Å². The summed E-state index contributed by atoms with van der Waals surface area (Å²) in [5.74, 6) is 0.190. The van der Waals surface area contributed by atoms with Gasteiger partial charge in [-0.2, -0.15) is 5.26 Å². The molecule has 0 aromatic carbocycles. The van der Waals surface area contributed by atoms with E-state index < -0.39 is 0 Å². The molecule has 0 unspecified atom stereocenters. The first-order valence-corrected chi connectivity index (χ1v) is 1.67. The van der Waals surface area contributed by atoms with E-state index in [0.717, 1.165) is 0 Å². The van der Waals surface area contributed by atoms with E-state index in [0.29, 0.717) is 0 Å². The van der Waals surface area contributed by atoms with E-state index in [1.807, 2.05) is 19.9 Å². The topological polar surface area (TPSA) is 23.8 Å². The Morgan fingerprint density at radius 3 is 1.67 bits per heavy atom. The molecule has 0 bridgehead atoms. The van der Waals surface area contributed by atoms with Gasteiger partial charge >= 0.3 is 29.6 Å². The Bertz CT molecular complexity index is 53.1. The van der Waals surface area contributed by atoms with Crippen LogP contribution in [0.3, 0.4) is 0 Å². The SMILES string of the molecule is CC(C)C#N.[Na+]. The van der Waals surface area contributed by atoms with E-state index in [1.165, 1.54) is 0 Å². The van der Waals surface area contributed by atoms with Crippen LogP contribution < -0.4 is 29.6 Å². The summed E-state index contributed by atoms with van der Waals surface area (Å²) in [7, 11) is 0. The van der Waals surface area contributed by atoms with Crippen molar-refractivity contribution in [3.63, 3.8) is 0 Å². The Morgan fingerprint density at radius 1 is 1.50 bits per heavy atom. The van der Waals surface area contributed by atoms with Crippen molar-refractivity contribution in [1.82, 2.24) is 0 Å². The quantitative estimate of drug-likeness (QED) is 0.322. The molecule has 0 atom stereocenters. The van der Waals surface area contributed by atoms with Gasteiger partial charge in [-0.3, -0.25) is 0 Å². The first-order valence-electron chi connectivity index (χ1n) is 1.67. The minimum Gasteiger partial charge on any atom is -0.198 e. The van der Waals surface area contributed by atoms with Gasteiger partial charge in [0.15, 0.2) is 0 Å². The molecule has 0 aromatic rings. The second kappa shape index (κ2) is 5.49. The second-order valence-electron chi connectivity index (χ2n) is 1.28. The summed E-state index contributed by atoms with van der Waals surface area (Å²) in [4.78, 5) is 0. The van der Waals surface area contributed by atoms with E-state index in [-0.39, 0.29) is 35.5 Å². The van der Waals surface area contributed by atoms with Gasteiger partial charge in [-0.15, -0.1) is 0 Å². The third kappa shape index (κ3) is 8.82. The molecule has 0 aliphatic heterocycles. The van der Waals surface area contributed by atoms with Gasteiger partial charge in [0.25, 0.3) is 0 Å². The van der Waals surface area contributed by atoms with Crippen LogP contribution in [0.4, 0.5) is 0 Å². The molecule has 0 amide bonds. The van der Waals surface area contributed by atoms with Crippen molar-refractivity contribution in [3.05, 3.63) is 0 Å². The Morgan fingerprint density at radius 2 is 1.67 bits per heavy atom. The molecule has 0 spiro atoms. The van der Waals surface area contributed by atoms with E-state index >= 15 is 0 Å². The molecule has 0 aromatic heterocycles. The van der Waals surface area contributed by atoms with Gasteiger partial charge in [-0.25, -0.2) is 0 Å². The zero-order valence-electron chi connectivity index (χ0n) is 4.52. The van der Waals surface area contributed by atoms with E-state index in [4.69, 9.17) is 5.26 Å². The average Bonchev–Trinajstić information content (AvgIpc) is 1.38. The molecule has 0 aliphatic rings. The van der Waals surface area contributed by atoms with Crippen LogP contribution in [0, 0.1) is 17.2 Å². The average molecular weight is 92.1 g/mol. The predicted octanol–water partition coefficient (Wildman–Crippen LogP) is -1.83. The second-order valence-corrected chi connectivity index (χ2v) is 1.28. The molecule has 0 saturated heterocycles. The van der Waals surface area contributed by atoms with Gasteiger partial charge in [0, 0.05) is 5.92 Å². The van der Waals surface area contributed by atoms with Crippen LogP contribution in [0.5, 0.6) is 0 Å². The fourth-order valence-corrected chi connectivity index (χ4v) is 0. The Kier molecular flexibility index (Phi) is 8.88. The molecule has 0 heterocycles. The zero-order valence-corrected chi connectivity index (χ0v) is 6.52. The van der Waals surface area contributed by atoms with E-state index in [2.05, 4.69) is 0 Å². The summed E-state index contributed by atoms with van der Waals surface area (Å²) >= 11 is 0. The third-order valence-electron chi connectivity index (χ3n) is 0.258. The van der Waals surface area contributed by atoms with Crippen LogP contribution in [0.25, 0.3) is 0 Å². The minimum absolute atomic E-state index is 0. The molecule has 1 nitrogen and oxygen atoms in total. The maximum atomic E-state index is 7.89. The van der Waals surface area contributed by atoms with Crippen molar-refractivity contribution in [1.29, 1.82) is 5.26 Å². The van der Waals surface area contributed by atoms with Crippen molar-refractivity contribution in [3.8, 4) is 6.07 Å². The van der Waals surface area contributed by atoms with Crippen LogP contribution >= 0.6 is 0 Å². The molecule has 0 saturated carbocycles. The molecule has 28 valence electrons. The summed E-state index contributed by atoms with van der Waals surface area (Å²) < 4.78 is 0. The van der Waals surface area contributed by atoms with Gasteiger partial charge in [0.05, 0.1) is 6.07 Å². The molecular formula is C4H7NNa+. The molecule has 0 fully saturated rings. The van der Waals surface area contributed by atoms with Crippen molar-refractivity contribution in [2.75, 3.05) is 0 Å². The van der Waals surface area contributed by atoms with E-state index in [9.17, 15) is 0 Å². The van der Waals surface area contributed by atoms with Crippen LogP contribution in [0.1, 0.15) is 13.8 Å². The van der Waals surface area contributed by atoms with Crippen molar-refractivity contribution in [2.24, 2.45) is 5.92 Å². The third-order valence-corrected chi connectivity index (χ3v) is 0.258. The maximum absolute atomic E-state index is 7.89. The number of nitrogens with zero attached hydrogens (tertiary/aromatic N) is 1. The molecule has 0 N–H and O–H groups in total. The van der Waals surface area contributed by atoms with Gasteiger partial charge in [-0.05, 0) is 13.8 Å². The van der Waals surface area contributed by atoms with Gasteiger partial charge in [0.1, 0.15) is 0 Å². The van der Waals surface area contributed by atoms with Crippen LogP contribution in [0.2, 0.25) is 0 Å². The first kappa shape index (κ1) is 9.70. The summed E-state index contributed by atoms with van der Waals surface area (Å²) in [6, 6.07) is 2.03. The van der Waals surface area contributed by atoms with Gasteiger partial charge < -0.3 is 0 Å². The Hall–Kier alpha value is 0.490. The molecule has 0 aliphatic carbocycles. The molecular weight excluding hydrogens is 85.0 g/mol. The normalized spacial score (nSPS) is 6.33. The number of nitriles is 1. The van der Waals surface area contributed by atoms with Crippen molar-refractivity contribution in [2.45, 2.75) is 13.8 Å². The van der Waals surface area contributed by atoms with Crippen LogP contribution in [0.15, 0.2) is 0 Å². The maximum Gasteiger partial charge on any atom is 1.00 e. The molecule has 6 heavy (non-hydrogen) atoms. The van der Waals surface area contributed by atoms with Gasteiger partial charge in [-0.1, -0.05) is 0 Å². The summed E-state index contributed by atoms with van der Waals surface area (Å²) in [6.07, 6.45) is 0. The monoisotopic (exact) mass is 92.0 g/mol. The summed E-state index contributed by atoms with van der Waals surface area (Å²) in [6.45, 7) is 3.72. The van der Waals surface area contributed by atoms with Crippen molar-refractivity contribution >= 4 is 0 Å². The first-order chi connectivity index (χ1) is 2.27. The predicted molar refractivity (Wildman–Crippen MR) is 20.5 cm³/mol. The summed E-state index contributed by atoms with van der Waals surface area (Å²) in [5, 5.41) is 7.89. The molecule has 2 heteroatoms. The Labute approximate surface area is 60.6 Å². The summed E-state index contributed by atoms with van der Waals surface area (Å²) in [5.41, 5.74) is 0. The largest absolute Gasteiger partial charge is 1.00 e. The van der Waals surface area contributed by atoms with E-state index in [1.54, 1.807) is 0 Å². The molecule has 0 rings (SSSR count). The smallest absolute Gasteiger partial charge is 0.198 e. The van der Waals surface area contributed by atoms with Crippen molar-refractivity contribution < 1.29 is 29.6 Å². The van der Waals surface area contributed by atoms with Crippen LogP contribution in [-0.2, 0) is 0 Å². The Balaban J connectivity index is 0. The zero-order chi connectivity index (χ0) is 4.28. The fourth-order valence-electron chi connectivity index (χ4n) is 0. The number of hydrogen-bond donors (Lipinski definition) is 0. The number of rotatable bonds is 0. The minimum atomic E-state index is 0. The van der Waals surface area contributed by atoms with Crippen LogP contribution in [-0.4, -0.2) is 0 Å². The fraction of sp³-hybridized carbons (Fsp3) is 0.750. The standard InChI is InChI=1S/C4H7N.Na/c1-4(2)3-5;/h4H,1-2H3;/q;+1. The molecule has 0 radical (unpaired) electrons.